The van der Waals surface area contributed by atoms with Gasteiger partial charge in [-0.15, -0.1) is 11.3 Å². The third-order valence-corrected chi connectivity index (χ3v) is 4.16. The largest absolute Gasteiger partial charge is 0.481 e. The molecule has 0 aromatic carbocycles. The van der Waals surface area contributed by atoms with E-state index in [1.807, 2.05) is 0 Å². The smallest absolute Gasteiger partial charge is 0.303 e. The molecule has 0 saturated carbocycles. The molecule has 94 valence electrons. The lowest BCUT2D eigenvalue weighted by atomic mass is 10.1. The fourth-order valence-corrected chi connectivity index (χ4v) is 3.02. The van der Waals surface area contributed by atoms with Gasteiger partial charge in [0.25, 0.3) is 0 Å². The number of aromatic nitrogens is 1. The monoisotopic (exact) mass is 254 g/mol. The van der Waals surface area contributed by atoms with Crippen LogP contribution in [0, 0.1) is 5.92 Å². The van der Waals surface area contributed by atoms with Gasteiger partial charge in [0.1, 0.15) is 0 Å². The topological polar surface area (TPSA) is 53.4 Å². The van der Waals surface area contributed by atoms with Crippen LogP contribution in [0.15, 0.2) is 5.38 Å². The first-order valence-corrected chi connectivity index (χ1v) is 6.92. The van der Waals surface area contributed by atoms with Crippen molar-refractivity contribution in [2.45, 2.75) is 32.7 Å². The summed E-state index contributed by atoms with van der Waals surface area (Å²) in [5, 5.41) is 12.1. The molecule has 0 spiro atoms. The lowest BCUT2D eigenvalue weighted by Gasteiger charge is -2.13. The van der Waals surface area contributed by atoms with Crippen molar-refractivity contribution >= 4 is 17.3 Å². The maximum atomic E-state index is 10.6. The molecule has 17 heavy (non-hydrogen) atoms. The second-order valence-electron chi connectivity index (χ2n) is 4.57. The van der Waals surface area contributed by atoms with E-state index in [4.69, 9.17) is 5.11 Å². The number of carbonyl (C=O) groups is 1. The Morgan fingerprint density at radius 1 is 1.71 bits per heavy atom. The summed E-state index contributed by atoms with van der Waals surface area (Å²) < 4.78 is 0. The minimum Gasteiger partial charge on any atom is -0.481 e. The molecule has 1 saturated heterocycles. The van der Waals surface area contributed by atoms with Crippen molar-refractivity contribution in [3.63, 3.8) is 0 Å². The third-order valence-electron chi connectivity index (χ3n) is 3.12. The van der Waals surface area contributed by atoms with E-state index < -0.39 is 5.97 Å². The number of carboxylic acids is 1. The second kappa shape index (κ2) is 5.60. The van der Waals surface area contributed by atoms with Crippen molar-refractivity contribution in [1.82, 2.24) is 9.88 Å². The van der Waals surface area contributed by atoms with Crippen LogP contribution in [0.1, 0.15) is 30.5 Å². The molecule has 0 aliphatic carbocycles. The zero-order chi connectivity index (χ0) is 12.3. The van der Waals surface area contributed by atoms with Crippen molar-refractivity contribution in [2.75, 3.05) is 13.1 Å². The van der Waals surface area contributed by atoms with E-state index in [2.05, 4.69) is 22.2 Å². The molecule has 1 fully saturated rings. The molecular formula is C12H18N2O2S. The maximum Gasteiger partial charge on any atom is 0.303 e. The highest BCUT2D eigenvalue weighted by Crippen LogP contribution is 2.22. The normalized spacial score (nSPS) is 20.9. The van der Waals surface area contributed by atoms with Gasteiger partial charge in [-0.3, -0.25) is 9.69 Å². The summed E-state index contributed by atoms with van der Waals surface area (Å²) in [6.45, 7) is 4.87. The highest BCUT2D eigenvalue weighted by Gasteiger charge is 2.24. The highest BCUT2D eigenvalue weighted by molar-refractivity contribution is 7.09. The average Bonchev–Trinajstić information content (AvgIpc) is 2.88. The van der Waals surface area contributed by atoms with E-state index in [1.54, 1.807) is 11.3 Å². The summed E-state index contributed by atoms with van der Waals surface area (Å²) in [4.78, 5) is 17.5. The third kappa shape index (κ3) is 3.51. The standard InChI is InChI=1S/C12H18N2O2S/c1-2-11-13-10(8-17-11)7-14-4-3-9(6-14)5-12(15)16/h8-9H,2-7H2,1H3,(H,15,16). The number of nitrogens with zero attached hydrogens (tertiary/aromatic N) is 2. The minimum absolute atomic E-state index is 0.299. The van der Waals surface area contributed by atoms with Crippen LogP contribution in [-0.2, 0) is 17.8 Å². The van der Waals surface area contributed by atoms with Crippen LogP contribution in [0.5, 0.6) is 0 Å². The van der Waals surface area contributed by atoms with Gasteiger partial charge in [-0.2, -0.15) is 0 Å². The highest BCUT2D eigenvalue weighted by atomic mass is 32.1. The zero-order valence-electron chi connectivity index (χ0n) is 10.1. The van der Waals surface area contributed by atoms with Crippen molar-refractivity contribution in [3.8, 4) is 0 Å². The van der Waals surface area contributed by atoms with Crippen LogP contribution < -0.4 is 0 Å². The summed E-state index contributed by atoms with van der Waals surface area (Å²) in [7, 11) is 0. The first-order chi connectivity index (χ1) is 8.17. The first-order valence-electron chi connectivity index (χ1n) is 6.04. The van der Waals surface area contributed by atoms with Crippen LogP contribution in [0.2, 0.25) is 0 Å². The quantitative estimate of drug-likeness (QED) is 0.873. The van der Waals surface area contributed by atoms with Crippen molar-refractivity contribution in [2.24, 2.45) is 5.92 Å². The Morgan fingerprint density at radius 3 is 3.18 bits per heavy atom. The second-order valence-corrected chi connectivity index (χ2v) is 5.52. The first kappa shape index (κ1) is 12.5. The fraction of sp³-hybridized carbons (Fsp3) is 0.667. The van der Waals surface area contributed by atoms with Crippen LogP contribution >= 0.6 is 11.3 Å². The molecule has 5 heteroatoms. The molecule has 1 aromatic heterocycles. The van der Waals surface area contributed by atoms with E-state index in [-0.39, 0.29) is 0 Å². The SMILES string of the molecule is CCc1nc(CN2CCC(CC(=O)O)C2)cs1. The summed E-state index contributed by atoms with van der Waals surface area (Å²) in [5.41, 5.74) is 1.13. The van der Waals surface area contributed by atoms with Crippen LogP contribution in [-0.4, -0.2) is 34.0 Å². The Hall–Kier alpha value is -0.940. The number of hydrogen-bond donors (Lipinski definition) is 1. The maximum absolute atomic E-state index is 10.6. The fourth-order valence-electron chi connectivity index (χ4n) is 2.28. The van der Waals surface area contributed by atoms with Gasteiger partial charge in [0.15, 0.2) is 0 Å². The molecule has 1 aliphatic heterocycles. The van der Waals surface area contributed by atoms with Gasteiger partial charge in [-0.25, -0.2) is 4.98 Å². The molecule has 4 nitrogen and oxygen atoms in total. The Balaban J connectivity index is 1.83. The molecule has 1 aromatic rings. The summed E-state index contributed by atoms with van der Waals surface area (Å²) >= 11 is 1.71. The Bertz CT molecular complexity index is 392. The Labute approximate surface area is 105 Å². The average molecular weight is 254 g/mol. The predicted octanol–water partition coefficient (Wildman–Crippen LogP) is 2.00. The van der Waals surface area contributed by atoms with Gasteiger partial charge < -0.3 is 5.11 Å². The van der Waals surface area contributed by atoms with E-state index >= 15 is 0 Å². The van der Waals surface area contributed by atoms with Gasteiger partial charge in [0.05, 0.1) is 10.7 Å². The molecule has 2 heterocycles. The number of thiazole rings is 1. The van der Waals surface area contributed by atoms with Gasteiger partial charge in [-0.1, -0.05) is 6.92 Å². The lowest BCUT2D eigenvalue weighted by Crippen LogP contribution is -2.21. The van der Waals surface area contributed by atoms with Gasteiger partial charge in [0.2, 0.25) is 0 Å². The Morgan fingerprint density at radius 2 is 2.53 bits per heavy atom. The molecule has 2 rings (SSSR count). The van der Waals surface area contributed by atoms with Gasteiger partial charge >= 0.3 is 5.97 Å². The van der Waals surface area contributed by atoms with E-state index in [9.17, 15) is 4.79 Å². The van der Waals surface area contributed by atoms with Crippen molar-refractivity contribution in [3.05, 3.63) is 16.1 Å². The lowest BCUT2D eigenvalue weighted by molar-refractivity contribution is -0.138. The van der Waals surface area contributed by atoms with Gasteiger partial charge in [-0.05, 0) is 25.3 Å². The minimum atomic E-state index is -0.682. The number of rotatable bonds is 5. The number of carboxylic acid groups (broad SMARTS) is 1. The molecule has 1 aliphatic rings. The molecule has 0 amide bonds. The number of likely N-dealkylation sites (tertiary alicyclic amines) is 1. The summed E-state index contributed by atoms with van der Waals surface area (Å²) in [6, 6.07) is 0. The molecule has 0 bridgehead atoms. The van der Waals surface area contributed by atoms with Crippen LogP contribution in [0.4, 0.5) is 0 Å². The van der Waals surface area contributed by atoms with Crippen molar-refractivity contribution < 1.29 is 9.90 Å². The molecule has 1 atom stereocenters. The van der Waals surface area contributed by atoms with Crippen LogP contribution in [0.25, 0.3) is 0 Å². The molecule has 1 unspecified atom stereocenters. The molecular weight excluding hydrogens is 236 g/mol. The zero-order valence-corrected chi connectivity index (χ0v) is 10.9. The van der Waals surface area contributed by atoms with E-state index in [0.29, 0.717) is 12.3 Å². The number of aryl methyl sites for hydroxylation is 1. The molecule has 1 N–H and O–H groups in total. The van der Waals surface area contributed by atoms with E-state index in [0.717, 1.165) is 38.2 Å². The van der Waals surface area contributed by atoms with E-state index in [1.165, 1.54) is 5.01 Å². The number of hydrogen-bond acceptors (Lipinski definition) is 4. The van der Waals surface area contributed by atoms with Crippen molar-refractivity contribution in [1.29, 1.82) is 0 Å². The predicted molar refractivity (Wildman–Crippen MR) is 67.1 cm³/mol. The van der Waals surface area contributed by atoms with Crippen LogP contribution in [0.3, 0.4) is 0 Å². The van der Waals surface area contributed by atoms with Gasteiger partial charge in [0, 0.05) is 24.9 Å². The Kier molecular flexibility index (Phi) is 4.12. The number of aliphatic carboxylic acids is 1. The summed E-state index contributed by atoms with van der Waals surface area (Å²) in [5.74, 6) is -0.365. The molecule has 0 radical (unpaired) electrons. The summed E-state index contributed by atoms with van der Waals surface area (Å²) in [6.07, 6.45) is 2.29.